The molecule has 1 aliphatic carbocycles. The fourth-order valence-electron chi connectivity index (χ4n) is 3.64. The van der Waals surface area contributed by atoms with Crippen LogP contribution in [0.3, 0.4) is 0 Å². The SMILES string of the molecule is Cc1cc(C)cc(C(O)CN(CC(C)C)C2CCCC2)c1. The van der Waals surface area contributed by atoms with E-state index in [1.54, 1.807) is 0 Å². The molecule has 0 saturated heterocycles. The summed E-state index contributed by atoms with van der Waals surface area (Å²) >= 11 is 0. The van der Waals surface area contributed by atoms with Gasteiger partial charge in [-0.2, -0.15) is 0 Å². The van der Waals surface area contributed by atoms with Gasteiger partial charge in [0, 0.05) is 19.1 Å². The molecule has 0 bridgehead atoms. The van der Waals surface area contributed by atoms with E-state index < -0.39 is 0 Å². The van der Waals surface area contributed by atoms with Crippen LogP contribution in [0.4, 0.5) is 0 Å². The van der Waals surface area contributed by atoms with Gasteiger partial charge in [-0.25, -0.2) is 0 Å². The van der Waals surface area contributed by atoms with Crippen LogP contribution in [0.15, 0.2) is 18.2 Å². The summed E-state index contributed by atoms with van der Waals surface area (Å²) in [4.78, 5) is 2.53. The van der Waals surface area contributed by atoms with E-state index in [-0.39, 0.29) is 6.10 Å². The Hall–Kier alpha value is -0.860. The normalized spacial score (nSPS) is 17.9. The molecule has 1 aromatic rings. The lowest BCUT2D eigenvalue weighted by atomic mass is 10.0. The van der Waals surface area contributed by atoms with Crippen molar-refractivity contribution in [3.63, 3.8) is 0 Å². The molecule has 1 fully saturated rings. The van der Waals surface area contributed by atoms with Crippen molar-refractivity contribution in [2.24, 2.45) is 5.92 Å². The van der Waals surface area contributed by atoms with Gasteiger partial charge in [0.1, 0.15) is 0 Å². The summed E-state index contributed by atoms with van der Waals surface area (Å²) in [6.45, 7) is 10.6. The monoisotopic (exact) mass is 289 g/mol. The molecule has 0 radical (unpaired) electrons. The number of aliphatic hydroxyl groups is 1. The van der Waals surface area contributed by atoms with E-state index in [9.17, 15) is 5.11 Å². The zero-order valence-corrected chi connectivity index (χ0v) is 14.1. The third-order valence-electron chi connectivity index (χ3n) is 4.48. The van der Waals surface area contributed by atoms with Gasteiger partial charge in [0.05, 0.1) is 6.10 Å². The summed E-state index contributed by atoms with van der Waals surface area (Å²) in [5.74, 6) is 0.650. The zero-order chi connectivity index (χ0) is 15.4. The Kier molecular flexibility index (Phi) is 5.83. The second-order valence-corrected chi connectivity index (χ2v) is 7.22. The molecule has 0 aromatic heterocycles. The lowest BCUT2D eigenvalue weighted by Crippen LogP contribution is -2.39. The zero-order valence-electron chi connectivity index (χ0n) is 14.1. The van der Waals surface area contributed by atoms with E-state index in [4.69, 9.17) is 0 Å². The molecule has 118 valence electrons. The maximum absolute atomic E-state index is 10.7. The summed E-state index contributed by atoms with van der Waals surface area (Å²) in [6.07, 6.45) is 4.92. The number of aliphatic hydroxyl groups excluding tert-OH is 1. The molecule has 0 aliphatic heterocycles. The van der Waals surface area contributed by atoms with Crippen LogP contribution in [-0.4, -0.2) is 29.1 Å². The molecule has 21 heavy (non-hydrogen) atoms. The fourth-order valence-corrected chi connectivity index (χ4v) is 3.64. The second-order valence-electron chi connectivity index (χ2n) is 7.22. The molecule has 1 atom stereocenters. The largest absolute Gasteiger partial charge is 0.387 e. The number of hydrogen-bond donors (Lipinski definition) is 1. The maximum Gasteiger partial charge on any atom is 0.0917 e. The highest BCUT2D eigenvalue weighted by Gasteiger charge is 2.25. The van der Waals surface area contributed by atoms with Crippen molar-refractivity contribution in [1.29, 1.82) is 0 Å². The van der Waals surface area contributed by atoms with Crippen LogP contribution in [0.2, 0.25) is 0 Å². The van der Waals surface area contributed by atoms with Gasteiger partial charge < -0.3 is 5.11 Å². The van der Waals surface area contributed by atoms with E-state index >= 15 is 0 Å². The van der Waals surface area contributed by atoms with Crippen molar-refractivity contribution in [2.45, 2.75) is 65.5 Å². The number of aryl methyl sites for hydroxylation is 2. The molecule has 0 amide bonds. The van der Waals surface area contributed by atoms with Crippen molar-refractivity contribution < 1.29 is 5.11 Å². The highest BCUT2D eigenvalue weighted by atomic mass is 16.3. The first-order valence-corrected chi connectivity index (χ1v) is 8.46. The molecule has 2 heteroatoms. The number of hydrogen-bond acceptors (Lipinski definition) is 2. The summed E-state index contributed by atoms with van der Waals surface area (Å²) in [6, 6.07) is 7.09. The topological polar surface area (TPSA) is 23.5 Å². The minimum Gasteiger partial charge on any atom is -0.387 e. The van der Waals surface area contributed by atoms with Gasteiger partial charge in [-0.05, 0) is 38.2 Å². The molecule has 1 unspecified atom stereocenters. The highest BCUT2D eigenvalue weighted by Crippen LogP contribution is 2.27. The van der Waals surface area contributed by atoms with Gasteiger partial charge >= 0.3 is 0 Å². The van der Waals surface area contributed by atoms with Gasteiger partial charge in [0.25, 0.3) is 0 Å². The van der Waals surface area contributed by atoms with Gasteiger partial charge in [0.2, 0.25) is 0 Å². The molecule has 1 aromatic carbocycles. The Morgan fingerprint density at radius 3 is 2.14 bits per heavy atom. The standard InChI is InChI=1S/C19H31NO/c1-14(2)12-20(18-7-5-6-8-18)13-19(21)17-10-15(3)9-16(4)11-17/h9-11,14,18-19,21H,5-8,12-13H2,1-4H3. The van der Waals surface area contributed by atoms with Crippen molar-refractivity contribution in [1.82, 2.24) is 4.90 Å². The van der Waals surface area contributed by atoms with Crippen LogP contribution >= 0.6 is 0 Å². The molecule has 1 N–H and O–H groups in total. The Labute approximate surface area is 130 Å². The van der Waals surface area contributed by atoms with Crippen LogP contribution < -0.4 is 0 Å². The average molecular weight is 289 g/mol. The van der Waals surface area contributed by atoms with E-state index in [2.05, 4.69) is 50.8 Å². The third-order valence-corrected chi connectivity index (χ3v) is 4.48. The van der Waals surface area contributed by atoms with Crippen molar-refractivity contribution in [3.05, 3.63) is 34.9 Å². The fraction of sp³-hybridized carbons (Fsp3) is 0.684. The lowest BCUT2D eigenvalue weighted by molar-refractivity contribution is 0.0795. The lowest BCUT2D eigenvalue weighted by Gasteiger charge is -2.32. The first-order chi connectivity index (χ1) is 9.95. The van der Waals surface area contributed by atoms with Gasteiger partial charge in [-0.1, -0.05) is 56.0 Å². The third kappa shape index (κ3) is 4.82. The van der Waals surface area contributed by atoms with Gasteiger partial charge in [-0.3, -0.25) is 4.90 Å². The van der Waals surface area contributed by atoms with E-state index in [1.807, 2.05) is 0 Å². The molecule has 1 saturated carbocycles. The number of nitrogens with zero attached hydrogens (tertiary/aromatic N) is 1. The van der Waals surface area contributed by atoms with Crippen LogP contribution in [0.1, 0.15) is 62.3 Å². The Balaban J connectivity index is 2.07. The molecule has 0 spiro atoms. The number of benzene rings is 1. The molecular weight excluding hydrogens is 258 g/mol. The Morgan fingerprint density at radius 1 is 1.05 bits per heavy atom. The quantitative estimate of drug-likeness (QED) is 0.847. The molecule has 0 heterocycles. The average Bonchev–Trinajstić information content (AvgIpc) is 2.89. The summed E-state index contributed by atoms with van der Waals surface area (Å²) in [5, 5.41) is 10.7. The molecular formula is C19H31NO. The first kappa shape index (κ1) is 16.5. The minimum atomic E-state index is -0.372. The van der Waals surface area contributed by atoms with Crippen LogP contribution in [0, 0.1) is 19.8 Å². The maximum atomic E-state index is 10.7. The van der Waals surface area contributed by atoms with Gasteiger partial charge in [0.15, 0.2) is 0 Å². The first-order valence-electron chi connectivity index (χ1n) is 8.46. The minimum absolute atomic E-state index is 0.372. The van der Waals surface area contributed by atoms with Crippen LogP contribution in [0.25, 0.3) is 0 Å². The van der Waals surface area contributed by atoms with Crippen molar-refractivity contribution in [2.75, 3.05) is 13.1 Å². The molecule has 1 aliphatic rings. The number of rotatable bonds is 6. The van der Waals surface area contributed by atoms with Crippen molar-refractivity contribution >= 4 is 0 Å². The smallest absolute Gasteiger partial charge is 0.0917 e. The van der Waals surface area contributed by atoms with Gasteiger partial charge in [-0.15, -0.1) is 0 Å². The predicted octanol–water partition coefficient (Wildman–Crippen LogP) is 4.24. The summed E-state index contributed by atoms with van der Waals surface area (Å²) < 4.78 is 0. The highest BCUT2D eigenvalue weighted by molar-refractivity contribution is 5.30. The van der Waals surface area contributed by atoms with Crippen LogP contribution in [-0.2, 0) is 0 Å². The molecule has 2 nitrogen and oxygen atoms in total. The summed E-state index contributed by atoms with van der Waals surface area (Å²) in [5.41, 5.74) is 3.54. The van der Waals surface area contributed by atoms with Crippen molar-refractivity contribution in [3.8, 4) is 0 Å². The van der Waals surface area contributed by atoms with E-state index in [0.29, 0.717) is 12.0 Å². The second kappa shape index (κ2) is 7.42. The van der Waals surface area contributed by atoms with Crippen LogP contribution in [0.5, 0.6) is 0 Å². The summed E-state index contributed by atoms with van der Waals surface area (Å²) in [7, 11) is 0. The van der Waals surface area contributed by atoms with E-state index in [0.717, 1.165) is 18.7 Å². The molecule has 2 rings (SSSR count). The van der Waals surface area contributed by atoms with E-state index in [1.165, 1.54) is 36.8 Å². The Morgan fingerprint density at radius 2 is 1.62 bits per heavy atom. The predicted molar refractivity (Wildman–Crippen MR) is 89.5 cm³/mol. The Bertz CT molecular complexity index is 429.